The molecule has 0 unspecified atom stereocenters. The molecule has 9 aromatic rings. The molecule has 0 aliphatic heterocycles. The van der Waals surface area contributed by atoms with E-state index in [1.54, 1.807) is 0 Å². The minimum absolute atomic E-state index is 0.112. The van der Waals surface area contributed by atoms with Gasteiger partial charge in [0.1, 0.15) is 0 Å². The summed E-state index contributed by atoms with van der Waals surface area (Å²) >= 11 is 0. The van der Waals surface area contributed by atoms with Crippen LogP contribution in [0.15, 0.2) is 182 Å². The monoisotopic (exact) mass is 742 g/mol. The number of nitrogens with zero attached hydrogens (tertiary/aromatic N) is 2. The van der Waals surface area contributed by atoms with E-state index < -0.39 is 0 Å². The Morgan fingerprint density at radius 2 is 0.879 bits per heavy atom. The Morgan fingerprint density at radius 1 is 0.328 bits per heavy atom. The van der Waals surface area contributed by atoms with Gasteiger partial charge in [0.15, 0.2) is 5.82 Å². The second-order valence-electron chi connectivity index (χ2n) is 17.0. The molecular formula is C56H42N2. The van der Waals surface area contributed by atoms with Crippen LogP contribution in [0.1, 0.15) is 49.9 Å². The first-order valence-electron chi connectivity index (χ1n) is 20.3. The van der Waals surface area contributed by atoms with E-state index in [0.29, 0.717) is 5.82 Å². The maximum absolute atomic E-state index is 5.34. The van der Waals surface area contributed by atoms with E-state index in [4.69, 9.17) is 9.97 Å². The second kappa shape index (κ2) is 12.8. The molecule has 0 amide bonds. The van der Waals surface area contributed by atoms with Crippen molar-refractivity contribution in [3.63, 3.8) is 0 Å². The Balaban J connectivity index is 1.08. The zero-order valence-electron chi connectivity index (χ0n) is 33.2. The predicted octanol–water partition coefficient (Wildman–Crippen LogP) is 14.6. The van der Waals surface area contributed by atoms with Crippen molar-refractivity contribution in [1.82, 2.24) is 9.97 Å². The van der Waals surface area contributed by atoms with Crippen molar-refractivity contribution in [3.8, 4) is 78.4 Å². The van der Waals surface area contributed by atoms with Crippen molar-refractivity contribution in [3.05, 3.63) is 204 Å². The van der Waals surface area contributed by atoms with Gasteiger partial charge in [-0.2, -0.15) is 0 Å². The normalized spacial score (nSPS) is 14.1. The van der Waals surface area contributed by atoms with Gasteiger partial charge in [0, 0.05) is 27.5 Å². The fourth-order valence-corrected chi connectivity index (χ4v) is 10.0. The van der Waals surface area contributed by atoms with Crippen LogP contribution in [0.2, 0.25) is 0 Å². The molecule has 0 bridgehead atoms. The Hall–Kier alpha value is -6.90. The summed E-state index contributed by atoms with van der Waals surface area (Å²) in [5, 5.41) is 2.55. The molecule has 0 N–H and O–H groups in total. The number of benzene rings is 8. The topological polar surface area (TPSA) is 25.8 Å². The van der Waals surface area contributed by atoms with Crippen molar-refractivity contribution >= 4 is 10.8 Å². The van der Waals surface area contributed by atoms with Crippen molar-refractivity contribution < 1.29 is 0 Å². The van der Waals surface area contributed by atoms with Crippen molar-refractivity contribution in [2.45, 2.75) is 38.5 Å². The van der Waals surface area contributed by atoms with E-state index >= 15 is 0 Å². The van der Waals surface area contributed by atoms with Crippen LogP contribution < -0.4 is 0 Å². The molecule has 2 aliphatic rings. The molecule has 276 valence electrons. The van der Waals surface area contributed by atoms with Crippen LogP contribution in [0.25, 0.3) is 89.2 Å². The summed E-state index contributed by atoms with van der Waals surface area (Å²) in [5.41, 5.74) is 20.3. The van der Waals surface area contributed by atoms with E-state index in [0.717, 1.165) is 28.1 Å². The molecule has 0 saturated heterocycles. The molecule has 8 aromatic carbocycles. The predicted molar refractivity (Wildman–Crippen MR) is 242 cm³/mol. The molecule has 0 radical (unpaired) electrons. The Labute approximate surface area is 340 Å². The van der Waals surface area contributed by atoms with Crippen molar-refractivity contribution in [2.75, 3.05) is 0 Å². The van der Waals surface area contributed by atoms with Crippen molar-refractivity contribution in [1.29, 1.82) is 0 Å². The van der Waals surface area contributed by atoms with Crippen LogP contribution >= 0.6 is 0 Å². The highest BCUT2D eigenvalue weighted by Gasteiger charge is 2.39. The summed E-state index contributed by atoms with van der Waals surface area (Å²) < 4.78 is 0. The third kappa shape index (κ3) is 5.18. The summed E-state index contributed by atoms with van der Waals surface area (Å²) in [4.78, 5) is 10.6. The van der Waals surface area contributed by atoms with Gasteiger partial charge < -0.3 is 0 Å². The maximum atomic E-state index is 5.34. The quantitative estimate of drug-likeness (QED) is 0.175. The van der Waals surface area contributed by atoms with Gasteiger partial charge in [-0.05, 0) is 102 Å². The Kier molecular flexibility index (Phi) is 7.59. The van der Waals surface area contributed by atoms with Crippen LogP contribution in [0.4, 0.5) is 0 Å². The summed E-state index contributed by atoms with van der Waals surface area (Å²) in [7, 11) is 0. The van der Waals surface area contributed by atoms with Gasteiger partial charge in [0.25, 0.3) is 0 Å². The second-order valence-corrected chi connectivity index (χ2v) is 17.0. The van der Waals surface area contributed by atoms with Gasteiger partial charge in [-0.3, -0.25) is 0 Å². The fraction of sp³-hybridized carbons (Fsp3) is 0.107. The molecule has 2 aliphatic carbocycles. The van der Waals surface area contributed by atoms with Gasteiger partial charge in [-0.1, -0.05) is 185 Å². The van der Waals surface area contributed by atoms with E-state index in [1.165, 1.54) is 77.5 Å². The molecule has 2 heteroatoms. The maximum Gasteiger partial charge on any atom is 0.160 e. The Morgan fingerprint density at radius 3 is 1.69 bits per heavy atom. The first kappa shape index (κ1) is 34.4. The van der Waals surface area contributed by atoms with Crippen LogP contribution in [0, 0.1) is 0 Å². The summed E-state index contributed by atoms with van der Waals surface area (Å²) in [6, 6.07) is 66.2. The van der Waals surface area contributed by atoms with Gasteiger partial charge in [0.05, 0.1) is 11.4 Å². The zero-order chi connectivity index (χ0) is 39.2. The highest BCUT2D eigenvalue weighted by Crippen LogP contribution is 2.54. The molecule has 1 aromatic heterocycles. The summed E-state index contributed by atoms with van der Waals surface area (Å²) in [6.07, 6.45) is 0. The van der Waals surface area contributed by atoms with Gasteiger partial charge in [0.2, 0.25) is 0 Å². The molecule has 0 fully saturated rings. The summed E-state index contributed by atoms with van der Waals surface area (Å²) in [6.45, 7) is 9.44. The number of hydrogen-bond acceptors (Lipinski definition) is 2. The van der Waals surface area contributed by atoms with Crippen LogP contribution in [0.3, 0.4) is 0 Å². The molecule has 0 spiro atoms. The standard InChI is InChI=1S/C56H42N2/c1-55(2)48-30-16-26-40(52(48)46-32-36-19-8-9-20-37(36)33-49(46)55)38-21-14-22-39(31-38)50-34-51(58-54(57-50)35-17-6-5-7-18-35)43-25-11-10-23-41(43)44-27-15-28-45-42-24-12-13-29-47(42)56(3,4)53(44)45/h5-34H,1-4H3. The minimum Gasteiger partial charge on any atom is -0.228 e. The van der Waals surface area contributed by atoms with Crippen LogP contribution in [-0.4, -0.2) is 9.97 Å². The minimum atomic E-state index is -0.150. The van der Waals surface area contributed by atoms with E-state index in [1.807, 2.05) is 6.07 Å². The van der Waals surface area contributed by atoms with E-state index in [-0.39, 0.29) is 10.8 Å². The lowest BCUT2D eigenvalue weighted by molar-refractivity contribution is 0.661. The molecule has 1 heterocycles. The van der Waals surface area contributed by atoms with Crippen LogP contribution in [0.5, 0.6) is 0 Å². The van der Waals surface area contributed by atoms with E-state index in [2.05, 4.69) is 204 Å². The fourth-order valence-electron chi connectivity index (χ4n) is 10.0. The number of aromatic nitrogens is 2. The zero-order valence-corrected chi connectivity index (χ0v) is 33.2. The highest BCUT2D eigenvalue weighted by molar-refractivity contribution is 5.99. The number of fused-ring (bicyclic) bond motifs is 7. The SMILES string of the molecule is CC1(C)c2cc3ccccc3cc2-c2c(-c3cccc(-c4cc(-c5ccccc5-c5cccc6c5C(C)(C)c5ccccc5-6)nc(-c5ccccc5)n4)c3)cccc21. The van der Waals surface area contributed by atoms with Gasteiger partial charge in [-0.25, -0.2) is 9.97 Å². The first-order valence-corrected chi connectivity index (χ1v) is 20.3. The van der Waals surface area contributed by atoms with E-state index in [9.17, 15) is 0 Å². The third-order valence-electron chi connectivity index (χ3n) is 12.9. The molecular weight excluding hydrogens is 701 g/mol. The molecule has 0 saturated carbocycles. The lowest BCUT2D eigenvalue weighted by atomic mass is 9.78. The molecule has 58 heavy (non-hydrogen) atoms. The number of rotatable bonds is 5. The lowest BCUT2D eigenvalue weighted by Crippen LogP contribution is -2.16. The van der Waals surface area contributed by atoms with Gasteiger partial charge in [-0.15, -0.1) is 0 Å². The first-order chi connectivity index (χ1) is 28.3. The largest absolute Gasteiger partial charge is 0.228 e. The van der Waals surface area contributed by atoms with Crippen LogP contribution in [-0.2, 0) is 10.8 Å². The summed E-state index contributed by atoms with van der Waals surface area (Å²) in [5.74, 6) is 0.711. The number of hydrogen-bond donors (Lipinski definition) is 0. The van der Waals surface area contributed by atoms with Gasteiger partial charge >= 0.3 is 0 Å². The smallest absolute Gasteiger partial charge is 0.160 e. The highest BCUT2D eigenvalue weighted by atomic mass is 14.9. The molecule has 0 atom stereocenters. The average Bonchev–Trinajstić information content (AvgIpc) is 3.65. The molecule has 11 rings (SSSR count). The van der Waals surface area contributed by atoms with Crippen molar-refractivity contribution in [2.24, 2.45) is 0 Å². The lowest BCUT2D eigenvalue weighted by Gasteiger charge is -2.25. The molecule has 2 nitrogen and oxygen atoms in total. The average molecular weight is 743 g/mol. The third-order valence-corrected chi connectivity index (χ3v) is 12.9. The Bertz CT molecular complexity index is 3110.